The van der Waals surface area contributed by atoms with Crippen LogP contribution in [0.15, 0.2) is 36.4 Å². The second-order valence-electron chi connectivity index (χ2n) is 13.1. The van der Waals surface area contributed by atoms with Gasteiger partial charge in [0.15, 0.2) is 0 Å². The predicted molar refractivity (Wildman–Crippen MR) is 152 cm³/mol. The number of hydrogen-bond donors (Lipinski definition) is 1. The normalized spacial score (nSPS) is 22.1. The van der Waals surface area contributed by atoms with Gasteiger partial charge in [0, 0.05) is 0 Å². The van der Waals surface area contributed by atoms with Crippen LogP contribution in [-0.4, -0.2) is 17.2 Å². The molecule has 0 spiro atoms. The predicted octanol–water partition coefficient (Wildman–Crippen LogP) is 9.31. The van der Waals surface area contributed by atoms with Crippen molar-refractivity contribution >= 4 is 16.7 Å². The summed E-state index contributed by atoms with van der Waals surface area (Å²) in [4.78, 5) is 11.8. The molecule has 1 aliphatic carbocycles. The van der Waals surface area contributed by atoms with Gasteiger partial charge in [-0.3, -0.25) is 4.79 Å². The third kappa shape index (κ3) is 7.49. The van der Waals surface area contributed by atoms with Crippen LogP contribution in [0.2, 0.25) is 0 Å². The van der Waals surface area contributed by atoms with Gasteiger partial charge in [-0.2, -0.15) is 0 Å². The Labute approximate surface area is 220 Å². The molecule has 36 heavy (non-hydrogen) atoms. The summed E-state index contributed by atoms with van der Waals surface area (Å²) in [5.41, 5.74) is 1.15. The summed E-state index contributed by atoms with van der Waals surface area (Å²) in [6.07, 6.45) is 9.54. The fraction of sp³-hybridized carbons (Fsp3) is 0.667. The highest BCUT2D eigenvalue weighted by atomic mass is 16.5. The molecule has 0 aromatic heterocycles. The Morgan fingerprint density at radius 3 is 2.19 bits per heavy atom. The van der Waals surface area contributed by atoms with Crippen molar-refractivity contribution in [2.75, 3.05) is 0 Å². The third-order valence-corrected chi connectivity index (χ3v) is 9.08. The Morgan fingerprint density at radius 1 is 0.944 bits per heavy atom. The Kier molecular flexibility index (Phi) is 9.52. The molecule has 3 nitrogen and oxygen atoms in total. The molecule has 0 aliphatic heterocycles. The maximum Gasteiger partial charge on any atom is 0.309 e. The summed E-state index contributed by atoms with van der Waals surface area (Å²) < 4.78 is 6.40. The third-order valence-electron chi connectivity index (χ3n) is 9.08. The van der Waals surface area contributed by atoms with Gasteiger partial charge < -0.3 is 9.84 Å². The summed E-state index contributed by atoms with van der Waals surface area (Å²) in [5.74, 6) is 2.13. The molecule has 0 saturated heterocycles. The van der Waals surface area contributed by atoms with E-state index in [1.54, 1.807) is 0 Å². The van der Waals surface area contributed by atoms with Crippen molar-refractivity contribution in [3.63, 3.8) is 0 Å². The minimum absolute atomic E-state index is 0.336. The topological polar surface area (TPSA) is 46.5 Å². The smallest absolute Gasteiger partial charge is 0.309 e. The highest BCUT2D eigenvalue weighted by Gasteiger charge is 2.33. The molecule has 0 heterocycles. The van der Waals surface area contributed by atoms with Gasteiger partial charge >= 0.3 is 5.97 Å². The zero-order chi connectivity index (χ0) is 26.5. The fourth-order valence-corrected chi connectivity index (χ4v) is 6.01. The Morgan fingerprint density at radius 2 is 1.58 bits per heavy atom. The van der Waals surface area contributed by atoms with Crippen LogP contribution < -0.4 is 4.74 Å². The Hall–Kier alpha value is -2.03. The summed E-state index contributed by atoms with van der Waals surface area (Å²) in [6, 6.07) is 13.3. The number of benzene rings is 2. The van der Waals surface area contributed by atoms with Crippen LogP contribution in [0.1, 0.15) is 105 Å². The van der Waals surface area contributed by atoms with Crippen LogP contribution in [0.5, 0.6) is 5.75 Å². The number of rotatable bonds is 11. The van der Waals surface area contributed by atoms with E-state index < -0.39 is 11.4 Å². The van der Waals surface area contributed by atoms with E-state index >= 15 is 0 Å². The van der Waals surface area contributed by atoms with Gasteiger partial charge in [0.2, 0.25) is 0 Å². The van der Waals surface area contributed by atoms with Crippen LogP contribution in [0.3, 0.4) is 0 Å². The first-order valence-electron chi connectivity index (χ1n) is 14.3. The summed E-state index contributed by atoms with van der Waals surface area (Å²) in [7, 11) is 0. The molecule has 200 valence electrons. The lowest BCUT2D eigenvalue weighted by Crippen LogP contribution is -2.30. The van der Waals surface area contributed by atoms with Crippen molar-refractivity contribution in [3.8, 4) is 5.75 Å². The van der Waals surface area contributed by atoms with Gasteiger partial charge in [-0.1, -0.05) is 72.2 Å². The van der Waals surface area contributed by atoms with Gasteiger partial charge in [0.25, 0.3) is 0 Å². The number of aliphatic carboxylic acids is 1. The number of carbonyl (C=O) groups is 1. The van der Waals surface area contributed by atoms with E-state index in [0.29, 0.717) is 23.4 Å². The lowest BCUT2D eigenvalue weighted by Gasteiger charge is -2.37. The minimum Gasteiger partial charge on any atom is -0.490 e. The largest absolute Gasteiger partial charge is 0.490 e. The van der Waals surface area contributed by atoms with Gasteiger partial charge in [-0.25, -0.2) is 0 Å². The lowest BCUT2D eigenvalue weighted by atomic mass is 9.72. The highest BCUT2D eigenvalue weighted by molar-refractivity contribution is 5.84. The molecule has 3 atom stereocenters. The van der Waals surface area contributed by atoms with E-state index in [1.165, 1.54) is 29.2 Å². The van der Waals surface area contributed by atoms with Gasteiger partial charge in [0.05, 0.1) is 11.5 Å². The van der Waals surface area contributed by atoms with Crippen molar-refractivity contribution in [1.82, 2.24) is 0 Å². The molecule has 0 bridgehead atoms. The average Bonchev–Trinajstić information content (AvgIpc) is 2.82. The number of fused-ring (bicyclic) bond motifs is 1. The first kappa shape index (κ1) is 28.5. The number of carboxylic acids is 1. The van der Waals surface area contributed by atoms with Crippen molar-refractivity contribution in [1.29, 1.82) is 0 Å². The zero-order valence-corrected chi connectivity index (χ0v) is 23.9. The SMILES string of the molecule is CCCC(C)(CCC(C)C(C)Cc1ccc2cc(OC3CCC(C(C)(C)C)CC3)ccc2c1)C(=O)O. The maximum absolute atomic E-state index is 11.8. The van der Waals surface area contributed by atoms with E-state index in [0.717, 1.165) is 56.6 Å². The zero-order valence-electron chi connectivity index (χ0n) is 23.9. The fourth-order valence-electron chi connectivity index (χ4n) is 6.01. The molecule has 1 N–H and O–H groups in total. The first-order valence-corrected chi connectivity index (χ1v) is 14.3. The van der Waals surface area contributed by atoms with Crippen molar-refractivity contribution in [2.45, 2.75) is 112 Å². The van der Waals surface area contributed by atoms with Crippen molar-refractivity contribution in [2.24, 2.45) is 28.6 Å². The molecule has 0 amide bonds. The first-order chi connectivity index (χ1) is 16.9. The molecule has 2 aromatic carbocycles. The molecule has 1 aliphatic rings. The molecule has 1 fully saturated rings. The van der Waals surface area contributed by atoms with Crippen molar-refractivity contribution in [3.05, 3.63) is 42.0 Å². The Balaban J connectivity index is 1.56. The molecule has 1 saturated carbocycles. The Bertz CT molecular complexity index is 996. The maximum atomic E-state index is 11.8. The molecule has 0 radical (unpaired) electrons. The standard InChI is InChI=1S/C33H50O3/c1-8-18-33(7,31(34)35)19-17-23(2)24(3)20-25-9-10-27-22-30(14-11-26(27)21-25)36-29-15-12-28(13-16-29)32(4,5)6/h9-11,14,21-24,28-29H,8,12-13,15-20H2,1-7H3,(H,34,35). The van der Waals surface area contributed by atoms with Crippen molar-refractivity contribution < 1.29 is 14.6 Å². The molecular weight excluding hydrogens is 444 g/mol. The van der Waals surface area contributed by atoms with E-state index in [9.17, 15) is 9.90 Å². The van der Waals surface area contributed by atoms with Gasteiger partial charge in [-0.15, -0.1) is 0 Å². The van der Waals surface area contributed by atoms with Crippen LogP contribution in [0.4, 0.5) is 0 Å². The lowest BCUT2D eigenvalue weighted by molar-refractivity contribution is -0.149. The minimum atomic E-state index is -0.653. The quantitative estimate of drug-likeness (QED) is 0.338. The van der Waals surface area contributed by atoms with Gasteiger partial charge in [0.1, 0.15) is 5.75 Å². The number of ether oxygens (including phenoxy) is 1. The van der Waals surface area contributed by atoms with E-state index in [4.69, 9.17) is 4.74 Å². The van der Waals surface area contributed by atoms with E-state index in [1.807, 2.05) is 6.92 Å². The van der Waals surface area contributed by atoms with Gasteiger partial charge in [-0.05, 0) is 110 Å². The van der Waals surface area contributed by atoms with E-state index in [-0.39, 0.29) is 0 Å². The molecule has 3 unspecified atom stereocenters. The molecule has 2 aromatic rings. The summed E-state index contributed by atoms with van der Waals surface area (Å²) >= 11 is 0. The summed E-state index contributed by atoms with van der Waals surface area (Å²) in [5, 5.41) is 12.2. The van der Waals surface area contributed by atoms with E-state index in [2.05, 4.69) is 77.9 Å². The molecule has 3 rings (SSSR count). The van der Waals surface area contributed by atoms with Crippen LogP contribution in [-0.2, 0) is 11.2 Å². The van der Waals surface area contributed by atoms with Crippen LogP contribution in [0, 0.1) is 28.6 Å². The molecule has 3 heteroatoms. The second-order valence-corrected chi connectivity index (χ2v) is 13.1. The average molecular weight is 495 g/mol. The number of hydrogen-bond acceptors (Lipinski definition) is 2. The second kappa shape index (κ2) is 12.0. The summed E-state index contributed by atoms with van der Waals surface area (Å²) in [6.45, 7) is 15.6. The monoisotopic (exact) mass is 494 g/mol. The highest BCUT2D eigenvalue weighted by Crippen LogP contribution is 2.39. The van der Waals surface area contributed by atoms with Crippen LogP contribution >= 0.6 is 0 Å². The molecular formula is C33H50O3. The number of carboxylic acid groups (broad SMARTS) is 1. The van der Waals surface area contributed by atoms with Crippen LogP contribution in [0.25, 0.3) is 10.8 Å².